The zero-order valence-corrected chi connectivity index (χ0v) is 39.0. The largest absolute Gasteiger partial charge is 0.462 e. The van der Waals surface area contributed by atoms with Crippen molar-refractivity contribution < 1.29 is 18.7 Å². The monoisotopic (exact) mass is 885 g/mol. The van der Waals surface area contributed by atoms with E-state index in [1.807, 2.05) is 30.3 Å². The maximum Gasteiger partial charge on any atom is 0.410 e. The molecule has 65 heavy (non-hydrogen) atoms. The van der Waals surface area contributed by atoms with Crippen molar-refractivity contribution >= 4 is 47.1 Å². The first-order valence-electron chi connectivity index (χ1n) is 22.9. The molecule has 11 nitrogen and oxygen atoms in total. The number of amides is 1. The maximum absolute atomic E-state index is 13.5. The van der Waals surface area contributed by atoms with Crippen LogP contribution >= 0.6 is 0 Å². The SMILES string of the molecule is [C-]#[N+]C[C@H]1CN(c2nc(OC[C@@H]3C[C@@H](O[Si](c4ccccc4)(c4ccccc4)C(C)(C)C)CN3C)nc3c2CCN(c2cccc4ccccc24)C3)CCN1C(=O)OCc1ccccc1. The molecule has 1 amide bonds. The van der Waals surface area contributed by atoms with E-state index in [0.29, 0.717) is 38.8 Å². The van der Waals surface area contributed by atoms with Gasteiger partial charge in [-0.1, -0.05) is 148 Å². The summed E-state index contributed by atoms with van der Waals surface area (Å²) >= 11 is 0. The molecule has 3 atom stereocenters. The number of ether oxygens (including phenoxy) is 2. The van der Waals surface area contributed by atoms with Crippen molar-refractivity contribution in [2.45, 2.75) is 70.0 Å². The maximum atomic E-state index is 13.5. The van der Waals surface area contributed by atoms with E-state index in [1.54, 1.807) is 4.90 Å². The number of hydrogen-bond acceptors (Lipinski definition) is 9. The lowest BCUT2D eigenvalue weighted by Crippen LogP contribution is -2.67. The van der Waals surface area contributed by atoms with Crippen LogP contribution in [0.2, 0.25) is 5.04 Å². The summed E-state index contributed by atoms with van der Waals surface area (Å²) in [4.78, 5) is 36.3. The average molecular weight is 886 g/mol. The Balaban J connectivity index is 0.976. The summed E-state index contributed by atoms with van der Waals surface area (Å²) in [7, 11) is -0.595. The van der Waals surface area contributed by atoms with Crippen molar-refractivity contribution in [2.75, 3.05) is 62.7 Å². The first-order valence-corrected chi connectivity index (χ1v) is 24.8. The number of nitrogens with zero attached hydrogens (tertiary/aromatic N) is 7. The Hall–Kier alpha value is -6.26. The van der Waals surface area contributed by atoms with Crippen LogP contribution in [-0.2, 0) is 28.7 Å². The smallest absolute Gasteiger partial charge is 0.410 e. The van der Waals surface area contributed by atoms with Crippen molar-refractivity contribution in [3.05, 3.63) is 162 Å². The Morgan fingerprint density at radius 3 is 2.17 bits per heavy atom. The zero-order valence-electron chi connectivity index (χ0n) is 38.0. The second kappa shape index (κ2) is 19.1. The third-order valence-corrected chi connectivity index (χ3v) is 18.6. The molecule has 0 radical (unpaired) electrons. The van der Waals surface area contributed by atoms with Crippen LogP contribution < -0.4 is 24.9 Å². The average Bonchev–Trinajstić information content (AvgIpc) is 3.69. The van der Waals surface area contributed by atoms with E-state index in [0.717, 1.165) is 48.6 Å². The lowest BCUT2D eigenvalue weighted by atomic mass is 10.0. The van der Waals surface area contributed by atoms with Gasteiger partial charge in [-0.2, -0.15) is 9.97 Å². The lowest BCUT2D eigenvalue weighted by Gasteiger charge is -2.44. The molecule has 1 aromatic heterocycles. The van der Waals surface area contributed by atoms with Crippen molar-refractivity contribution in [3.63, 3.8) is 0 Å². The molecule has 6 aromatic rings. The second-order valence-electron chi connectivity index (χ2n) is 18.6. The molecule has 0 aliphatic carbocycles. The summed E-state index contributed by atoms with van der Waals surface area (Å²) in [6.45, 7) is 19.1. The molecular formula is C53H59N7O4Si. The molecule has 2 saturated heterocycles. The molecule has 0 saturated carbocycles. The Morgan fingerprint density at radius 1 is 0.785 bits per heavy atom. The number of hydrogen-bond donors (Lipinski definition) is 0. The number of aromatic nitrogens is 2. The van der Waals surface area contributed by atoms with E-state index in [4.69, 9.17) is 30.4 Å². The van der Waals surface area contributed by atoms with E-state index in [1.165, 1.54) is 26.8 Å². The van der Waals surface area contributed by atoms with Gasteiger partial charge in [0.1, 0.15) is 25.1 Å². The van der Waals surface area contributed by atoms with Crippen molar-refractivity contribution in [2.24, 2.45) is 0 Å². The van der Waals surface area contributed by atoms with Gasteiger partial charge in [-0.05, 0) is 52.3 Å². The summed E-state index contributed by atoms with van der Waals surface area (Å²) in [6.07, 6.45) is 1.16. The van der Waals surface area contributed by atoms with Crippen LogP contribution in [-0.4, -0.2) is 105 Å². The highest BCUT2D eigenvalue weighted by Crippen LogP contribution is 2.40. The predicted molar refractivity (Wildman–Crippen MR) is 261 cm³/mol. The van der Waals surface area contributed by atoms with E-state index in [9.17, 15) is 4.79 Å². The first kappa shape index (κ1) is 44.0. The van der Waals surface area contributed by atoms with E-state index in [2.05, 4.69) is 150 Å². The highest BCUT2D eigenvalue weighted by atomic mass is 28.4. The standard InChI is InChI=1S/C53H59N7O4Si/c1-53(2,3)65(44-22-11-7-12-23-44,45-24-13-8-14-25-45)64-43-32-41(57(5)35-43)38-62-51-55-48-36-58(49-27-17-21-40-20-15-16-26-46(40)49)29-28-47(48)50(56-51)59-30-31-60(42(34-59)33-54-4)52(61)63-37-39-18-9-6-10-19-39/h6-27,41-43H,28-38H2,1-3,5H3/t41-,42-,43+/m0/s1. The summed E-state index contributed by atoms with van der Waals surface area (Å²) in [6, 6.07) is 46.4. The molecule has 0 N–H and O–H groups in total. The highest BCUT2D eigenvalue weighted by molar-refractivity contribution is 6.99. The second-order valence-corrected chi connectivity index (χ2v) is 22.9. The number of carbonyl (C=O) groups excluding carboxylic acids is 1. The minimum absolute atomic E-state index is 0.00392. The quantitative estimate of drug-likeness (QED) is 0.0898. The summed E-state index contributed by atoms with van der Waals surface area (Å²) in [5, 5.41) is 4.83. The van der Waals surface area contributed by atoms with Gasteiger partial charge in [0.15, 0.2) is 0 Å². The Labute approximate surface area is 384 Å². The summed E-state index contributed by atoms with van der Waals surface area (Å²) < 4.78 is 20.1. The Bertz CT molecular complexity index is 2580. The van der Waals surface area contributed by atoms with Crippen molar-refractivity contribution in [3.8, 4) is 6.01 Å². The molecule has 0 unspecified atom stereocenters. The topological polar surface area (TPSA) is 87.9 Å². The first-order chi connectivity index (χ1) is 31.6. The fourth-order valence-corrected chi connectivity index (χ4v) is 14.9. The Morgan fingerprint density at radius 2 is 1.46 bits per heavy atom. The van der Waals surface area contributed by atoms with Gasteiger partial charge in [0, 0.05) is 55.4 Å². The zero-order chi connectivity index (χ0) is 45.0. The van der Waals surface area contributed by atoms with Gasteiger partial charge < -0.3 is 28.5 Å². The molecule has 9 rings (SSSR count). The predicted octanol–water partition coefficient (Wildman–Crippen LogP) is 7.97. The molecule has 12 heteroatoms. The van der Waals surface area contributed by atoms with Gasteiger partial charge in [-0.3, -0.25) is 9.80 Å². The van der Waals surface area contributed by atoms with Gasteiger partial charge in [0.2, 0.25) is 6.54 Å². The van der Waals surface area contributed by atoms with Gasteiger partial charge in [0.25, 0.3) is 8.32 Å². The number of likely N-dealkylation sites (tertiary alicyclic amines) is 1. The van der Waals surface area contributed by atoms with Crippen molar-refractivity contribution in [1.29, 1.82) is 0 Å². The van der Waals surface area contributed by atoms with Crippen LogP contribution in [0, 0.1) is 6.57 Å². The highest BCUT2D eigenvalue weighted by Gasteiger charge is 2.52. The molecule has 2 fully saturated rings. The molecule has 0 bridgehead atoms. The Kier molecular flexibility index (Phi) is 12.9. The molecular weight excluding hydrogens is 827 g/mol. The molecule has 334 valence electrons. The third kappa shape index (κ3) is 9.19. The number of rotatable bonds is 12. The molecule has 5 aromatic carbocycles. The van der Waals surface area contributed by atoms with E-state index < -0.39 is 14.4 Å². The van der Waals surface area contributed by atoms with Crippen LogP contribution in [0.1, 0.15) is 44.0 Å². The van der Waals surface area contributed by atoms with Crippen molar-refractivity contribution in [1.82, 2.24) is 19.8 Å². The molecule has 3 aliphatic rings. The molecule has 4 heterocycles. The van der Waals surface area contributed by atoms with Gasteiger partial charge >= 0.3 is 12.1 Å². The van der Waals surface area contributed by atoms with Crippen LogP contribution in [0.4, 0.5) is 16.3 Å². The van der Waals surface area contributed by atoms with E-state index in [-0.39, 0.29) is 36.4 Å². The van der Waals surface area contributed by atoms with Gasteiger partial charge in [-0.15, -0.1) is 0 Å². The van der Waals surface area contributed by atoms with Crippen LogP contribution in [0.5, 0.6) is 6.01 Å². The normalized spacial score (nSPS) is 19.2. The minimum Gasteiger partial charge on any atom is -0.462 e. The fourth-order valence-electron chi connectivity index (χ4n) is 10.2. The van der Waals surface area contributed by atoms with E-state index >= 15 is 0 Å². The number of likely N-dealkylation sites (N-methyl/N-ethyl adjacent to an activating group) is 1. The van der Waals surface area contributed by atoms with Gasteiger partial charge in [0.05, 0.1) is 18.3 Å². The fraction of sp³-hybridized carbons (Fsp3) is 0.358. The summed E-state index contributed by atoms with van der Waals surface area (Å²) in [5.74, 6) is 0.822. The molecule has 0 spiro atoms. The van der Waals surface area contributed by atoms with Gasteiger partial charge in [-0.25, -0.2) is 11.4 Å². The van der Waals surface area contributed by atoms with Crippen LogP contribution in [0.3, 0.4) is 0 Å². The number of piperazine rings is 1. The molecule has 3 aliphatic heterocycles. The lowest BCUT2D eigenvalue weighted by molar-refractivity contribution is 0.0788. The summed E-state index contributed by atoms with van der Waals surface area (Å²) in [5.41, 5.74) is 4.12. The number of benzene rings is 5. The van der Waals surface area contributed by atoms with Crippen LogP contribution in [0.25, 0.3) is 15.6 Å². The number of anilines is 2. The minimum atomic E-state index is -2.75. The number of fused-ring (bicyclic) bond motifs is 2. The number of carbonyl (C=O) groups is 1. The third-order valence-electron chi connectivity index (χ3n) is 13.5. The van der Waals surface area contributed by atoms with Crippen LogP contribution in [0.15, 0.2) is 133 Å².